The van der Waals surface area contributed by atoms with Crippen molar-refractivity contribution in [2.75, 3.05) is 11.9 Å². The van der Waals surface area contributed by atoms with Crippen LogP contribution in [0.5, 0.6) is 0 Å². The summed E-state index contributed by atoms with van der Waals surface area (Å²) in [5, 5.41) is 16.5. The van der Waals surface area contributed by atoms with Crippen LogP contribution in [0.4, 0.5) is 16.2 Å². The minimum absolute atomic E-state index is 0.137. The summed E-state index contributed by atoms with van der Waals surface area (Å²) in [6.07, 6.45) is 0. The number of urea groups is 1. The smallest absolute Gasteiger partial charge is 0.324 e. The molecule has 10 heteroatoms. The topological polar surface area (TPSA) is 122 Å². The van der Waals surface area contributed by atoms with Gasteiger partial charge in [-0.1, -0.05) is 17.7 Å². The van der Waals surface area contributed by atoms with E-state index in [1.54, 1.807) is 25.1 Å². The number of benzene rings is 2. The number of hydrogen-bond donors (Lipinski definition) is 2. The second kappa shape index (κ2) is 7.51. The zero-order valence-corrected chi connectivity index (χ0v) is 16.3. The Morgan fingerprint density at radius 2 is 1.90 bits per heavy atom. The standard InChI is InChI=1S/C19H17ClN4O5/c1-11-14(20)4-3-5-15(11)21-16(25)10-23-17(26)19(2,22-18(23)27)12-6-8-13(9-7-12)24(28)29/h3-9H,10H2,1-2H3,(H,21,25)(H,22,27)/t19-/m0/s1. The molecule has 9 nitrogen and oxygen atoms in total. The van der Waals surface area contributed by atoms with Crippen LogP contribution in [0.15, 0.2) is 42.5 Å². The van der Waals surface area contributed by atoms with Crippen LogP contribution >= 0.6 is 11.6 Å². The number of nitro groups is 1. The normalized spacial score (nSPS) is 18.5. The molecule has 2 N–H and O–H groups in total. The Balaban J connectivity index is 1.77. The second-order valence-electron chi connectivity index (χ2n) is 6.71. The number of imide groups is 1. The third-order valence-corrected chi connectivity index (χ3v) is 5.18. The molecule has 1 heterocycles. The Bertz CT molecular complexity index is 1020. The molecule has 2 aromatic carbocycles. The molecule has 0 spiro atoms. The van der Waals surface area contributed by atoms with Gasteiger partial charge in [-0.3, -0.25) is 24.6 Å². The number of nitrogens with one attached hydrogen (secondary N) is 2. The molecule has 0 unspecified atom stereocenters. The van der Waals surface area contributed by atoms with Crippen molar-refractivity contribution < 1.29 is 19.3 Å². The molecule has 29 heavy (non-hydrogen) atoms. The summed E-state index contributed by atoms with van der Waals surface area (Å²) in [6.45, 7) is 2.73. The van der Waals surface area contributed by atoms with Crippen LogP contribution in [0.25, 0.3) is 0 Å². The number of halogens is 1. The van der Waals surface area contributed by atoms with E-state index < -0.39 is 34.9 Å². The molecule has 4 amide bonds. The van der Waals surface area contributed by atoms with E-state index in [4.69, 9.17) is 11.6 Å². The number of nitrogens with zero attached hydrogens (tertiary/aromatic N) is 2. The molecule has 1 saturated heterocycles. The largest absolute Gasteiger partial charge is 0.325 e. The molecule has 3 rings (SSSR count). The fraction of sp³-hybridized carbons (Fsp3) is 0.211. The van der Waals surface area contributed by atoms with Gasteiger partial charge in [0.1, 0.15) is 12.1 Å². The zero-order chi connectivity index (χ0) is 21.3. The number of rotatable bonds is 5. The maximum absolute atomic E-state index is 12.9. The van der Waals surface area contributed by atoms with Crippen molar-refractivity contribution in [3.05, 3.63) is 68.7 Å². The summed E-state index contributed by atoms with van der Waals surface area (Å²) >= 11 is 6.03. The van der Waals surface area contributed by atoms with Crippen molar-refractivity contribution in [1.82, 2.24) is 10.2 Å². The number of nitro benzene ring substituents is 1. The molecule has 1 aliphatic heterocycles. The predicted molar refractivity (Wildman–Crippen MR) is 106 cm³/mol. The van der Waals surface area contributed by atoms with Crippen LogP contribution in [0, 0.1) is 17.0 Å². The molecule has 1 fully saturated rings. The van der Waals surface area contributed by atoms with Crippen LogP contribution in [0.3, 0.4) is 0 Å². The van der Waals surface area contributed by atoms with Crippen LogP contribution in [-0.4, -0.2) is 34.2 Å². The van der Waals surface area contributed by atoms with Crippen LogP contribution < -0.4 is 10.6 Å². The first kappa shape index (κ1) is 20.3. The van der Waals surface area contributed by atoms with Gasteiger partial charge in [-0.25, -0.2) is 4.79 Å². The molecular weight excluding hydrogens is 400 g/mol. The van der Waals surface area contributed by atoms with Crippen molar-refractivity contribution in [3.63, 3.8) is 0 Å². The van der Waals surface area contributed by atoms with Gasteiger partial charge in [0.25, 0.3) is 11.6 Å². The Labute approximate surface area is 170 Å². The van der Waals surface area contributed by atoms with E-state index >= 15 is 0 Å². The summed E-state index contributed by atoms with van der Waals surface area (Å²) < 4.78 is 0. The van der Waals surface area contributed by atoms with E-state index in [-0.39, 0.29) is 5.69 Å². The van der Waals surface area contributed by atoms with Crippen molar-refractivity contribution >= 4 is 40.8 Å². The van der Waals surface area contributed by atoms with E-state index in [0.717, 1.165) is 4.90 Å². The zero-order valence-electron chi connectivity index (χ0n) is 15.6. The fourth-order valence-corrected chi connectivity index (χ4v) is 3.20. The van der Waals surface area contributed by atoms with Crippen LogP contribution in [0.1, 0.15) is 18.1 Å². The van der Waals surface area contributed by atoms with Gasteiger partial charge >= 0.3 is 6.03 Å². The second-order valence-corrected chi connectivity index (χ2v) is 7.12. The van der Waals surface area contributed by atoms with Gasteiger partial charge in [-0.05, 0) is 49.2 Å². The molecule has 0 radical (unpaired) electrons. The number of amides is 4. The first-order valence-corrected chi connectivity index (χ1v) is 8.95. The summed E-state index contributed by atoms with van der Waals surface area (Å²) in [4.78, 5) is 48.7. The Morgan fingerprint density at radius 3 is 2.52 bits per heavy atom. The molecule has 0 bridgehead atoms. The van der Waals surface area contributed by atoms with E-state index in [2.05, 4.69) is 10.6 Å². The van der Waals surface area contributed by atoms with E-state index in [1.165, 1.54) is 31.2 Å². The molecule has 0 aliphatic carbocycles. The minimum Gasteiger partial charge on any atom is -0.324 e. The van der Waals surface area contributed by atoms with Crippen molar-refractivity contribution in [3.8, 4) is 0 Å². The maximum atomic E-state index is 12.9. The number of carbonyl (C=O) groups is 3. The number of anilines is 1. The summed E-state index contributed by atoms with van der Waals surface area (Å²) in [5.41, 5.74) is -0.0567. The summed E-state index contributed by atoms with van der Waals surface area (Å²) in [6, 6.07) is 9.57. The maximum Gasteiger partial charge on any atom is 0.325 e. The highest BCUT2D eigenvalue weighted by Crippen LogP contribution is 2.30. The van der Waals surface area contributed by atoms with E-state index in [9.17, 15) is 24.5 Å². The lowest BCUT2D eigenvalue weighted by molar-refractivity contribution is -0.384. The monoisotopic (exact) mass is 416 g/mol. The van der Waals surface area contributed by atoms with Gasteiger partial charge in [-0.2, -0.15) is 0 Å². The van der Waals surface area contributed by atoms with Gasteiger partial charge in [-0.15, -0.1) is 0 Å². The third-order valence-electron chi connectivity index (χ3n) is 4.77. The molecule has 0 saturated carbocycles. The van der Waals surface area contributed by atoms with Crippen LogP contribution in [-0.2, 0) is 15.1 Å². The SMILES string of the molecule is Cc1c(Cl)cccc1NC(=O)CN1C(=O)N[C@@](C)(c2ccc([N+](=O)[O-])cc2)C1=O. The quantitative estimate of drug-likeness (QED) is 0.441. The first-order valence-electron chi connectivity index (χ1n) is 8.57. The average Bonchev–Trinajstić information content (AvgIpc) is 2.89. The number of non-ortho nitro benzene ring substituents is 1. The Hall–Kier alpha value is -3.46. The van der Waals surface area contributed by atoms with Crippen LogP contribution in [0.2, 0.25) is 5.02 Å². The summed E-state index contributed by atoms with van der Waals surface area (Å²) in [5.74, 6) is -1.19. The van der Waals surface area contributed by atoms with E-state index in [0.29, 0.717) is 21.8 Å². The van der Waals surface area contributed by atoms with Crippen molar-refractivity contribution in [1.29, 1.82) is 0 Å². The molecule has 1 aliphatic rings. The first-order chi connectivity index (χ1) is 13.6. The number of carbonyl (C=O) groups excluding carboxylic acids is 3. The van der Waals surface area contributed by atoms with E-state index in [1.807, 2.05) is 0 Å². The molecule has 0 aromatic heterocycles. The fourth-order valence-electron chi connectivity index (χ4n) is 3.03. The molecule has 150 valence electrons. The highest BCUT2D eigenvalue weighted by atomic mass is 35.5. The van der Waals surface area contributed by atoms with Gasteiger partial charge in [0.15, 0.2) is 0 Å². The highest BCUT2D eigenvalue weighted by molar-refractivity contribution is 6.31. The Morgan fingerprint density at radius 1 is 1.24 bits per heavy atom. The highest BCUT2D eigenvalue weighted by Gasteiger charge is 2.49. The summed E-state index contributed by atoms with van der Waals surface area (Å²) in [7, 11) is 0. The lowest BCUT2D eigenvalue weighted by Crippen LogP contribution is -2.42. The minimum atomic E-state index is -1.43. The average molecular weight is 417 g/mol. The van der Waals surface area contributed by atoms with Gasteiger partial charge in [0, 0.05) is 22.8 Å². The molecule has 2 aromatic rings. The number of hydrogen-bond acceptors (Lipinski definition) is 5. The van der Waals surface area contributed by atoms with Gasteiger partial charge in [0.2, 0.25) is 5.91 Å². The third kappa shape index (κ3) is 3.77. The van der Waals surface area contributed by atoms with Crippen molar-refractivity contribution in [2.45, 2.75) is 19.4 Å². The van der Waals surface area contributed by atoms with Crippen molar-refractivity contribution in [2.24, 2.45) is 0 Å². The lowest BCUT2D eigenvalue weighted by atomic mass is 9.92. The lowest BCUT2D eigenvalue weighted by Gasteiger charge is -2.22. The molecular formula is C19H17ClN4O5. The van der Waals surface area contributed by atoms with Gasteiger partial charge < -0.3 is 10.6 Å². The van der Waals surface area contributed by atoms with Gasteiger partial charge in [0.05, 0.1) is 4.92 Å². The Kier molecular flexibility index (Phi) is 5.25. The predicted octanol–water partition coefficient (Wildman–Crippen LogP) is 2.96. The molecule has 1 atom stereocenters.